The lowest BCUT2D eigenvalue weighted by molar-refractivity contribution is 0.739. The van der Waals surface area contributed by atoms with Gasteiger partial charge in [0.15, 0.2) is 5.11 Å². The molecule has 0 aliphatic carbocycles. The summed E-state index contributed by atoms with van der Waals surface area (Å²) in [7, 11) is 0. The highest BCUT2D eigenvalue weighted by atomic mass is 79.9. The van der Waals surface area contributed by atoms with E-state index in [0.717, 1.165) is 14.6 Å². The van der Waals surface area contributed by atoms with Gasteiger partial charge in [0.25, 0.3) is 0 Å². The van der Waals surface area contributed by atoms with Crippen molar-refractivity contribution in [1.29, 1.82) is 0 Å². The van der Waals surface area contributed by atoms with E-state index in [4.69, 9.17) is 12.2 Å². The van der Waals surface area contributed by atoms with Crippen LogP contribution in [0.4, 0.5) is 5.69 Å². The molecule has 0 saturated carbocycles. The lowest BCUT2D eigenvalue weighted by atomic mass is 10.3. The minimum atomic E-state index is 0.333. The maximum atomic E-state index is 5.15. The van der Waals surface area contributed by atoms with Crippen LogP contribution in [0.15, 0.2) is 27.1 Å². The minimum Gasteiger partial charge on any atom is -0.360 e. The molecule has 0 unspecified atom stereocenters. The average molecular weight is 352 g/mol. The molecule has 0 fully saturated rings. The standard InChI is InChI=1S/C10H12Br2N2S/c1-6(2)13-10(15)14-9-4-3-7(11)5-8(9)12/h3-6H,1-2H3,(H2,13,14,15). The molecular weight excluding hydrogens is 340 g/mol. The first-order valence-corrected chi connectivity index (χ1v) is 6.51. The van der Waals surface area contributed by atoms with E-state index in [2.05, 4.69) is 42.5 Å². The van der Waals surface area contributed by atoms with Gasteiger partial charge in [0, 0.05) is 15.0 Å². The fourth-order valence-corrected chi connectivity index (χ4v) is 2.50. The predicted octanol–water partition coefficient (Wildman–Crippen LogP) is 3.91. The number of halogens is 2. The van der Waals surface area contributed by atoms with Crippen molar-refractivity contribution < 1.29 is 0 Å². The van der Waals surface area contributed by atoms with Gasteiger partial charge in [-0.05, 0) is 60.2 Å². The molecule has 0 atom stereocenters. The summed E-state index contributed by atoms with van der Waals surface area (Å²) in [5.41, 5.74) is 0.955. The Bertz CT molecular complexity index is 366. The zero-order chi connectivity index (χ0) is 11.4. The van der Waals surface area contributed by atoms with E-state index in [-0.39, 0.29) is 0 Å². The van der Waals surface area contributed by atoms with Gasteiger partial charge in [0.1, 0.15) is 0 Å². The molecule has 0 aliphatic heterocycles. The highest BCUT2D eigenvalue weighted by molar-refractivity contribution is 9.11. The van der Waals surface area contributed by atoms with Crippen LogP contribution in [0.3, 0.4) is 0 Å². The maximum Gasteiger partial charge on any atom is 0.171 e. The topological polar surface area (TPSA) is 24.1 Å². The third kappa shape index (κ3) is 4.49. The summed E-state index contributed by atoms with van der Waals surface area (Å²) in [4.78, 5) is 0. The molecule has 1 aromatic carbocycles. The third-order valence-corrected chi connectivity index (χ3v) is 2.97. The van der Waals surface area contributed by atoms with Gasteiger partial charge in [0.05, 0.1) is 5.69 Å². The predicted molar refractivity (Wildman–Crippen MR) is 76.3 cm³/mol. The zero-order valence-electron chi connectivity index (χ0n) is 8.47. The zero-order valence-corrected chi connectivity index (χ0v) is 12.5. The molecule has 1 rings (SSSR count). The average Bonchev–Trinajstić information content (AvgIpc) is 2.08. The molecule has 0 heterocycles. The SMILES string of the molecule is CC(C)NC(=S)Nc1ccc(Br)cc1Br. The number of thiocarbonyl (C=S) groups is 1. The molecule has 0 saturated heterocycles. The molecule has 0 spiro atoms. The van der Waals surface area contributed by atoms with Crippen LogP contribution in [0.5, 0.6) is 0 Å². The molecular formula is C10H12Br2N2S. The monoisotopic (exact) mass is 350 g/mol. The van der Waals surface area contributed by atoms with Crippen LogP contribution < -0.4 is 10.6 Å². The molecule has 0 aromatic heterocycles. The highest BCUT2D eigenvalue weighted by Crippen LogP contribution is 2.25. The first-order chi connectivity index (χ1) is 6.99. The molecule has 1 aromatic rings. The summed E-state index contributed by atoms with van der Waals surface area (Å²) in [5, 5.41) is 6.87. The Morgan fingerprint density at radius 3 is 2.53 bits per heavy atom. The Labute approximate surface area is 112 Å². The fraction of sp³-hybridized carbons (Fsp3) is 0.300. The van der Waals surface area contributed by atoms with Crippen LogP contribution in [0, 0.1) is 0 Å². The van der Waals surface area contributed by atoms with Crippen LogP contribution in [0.2, 0.25) is 0 Å². The van der Waals surface area contributed by atoms with Gasteiger partial charge in [-0.25, -0.2) is 0 Å². The molecule has 15 heavy (non-hydrogen) atoms. The Balaban J connectivity index is 2.68. The normalized spacial score (nSPS) is 10.2. The molecule has 5 heteroatoms. The summed E-state index contributed by atoms with van der Waals surface area (Å²) in [6.45, 7) is 4.09. The number of hydrogen-bond donors (Lipinski definition) is 2. The van der Waals surface area contributed by atoms with E-state index in [9.17, 15) is 0 Å². The summed E-state index contributed by atoms with van der Waals surface area (Å²) in [6.07, 6.45) is 0. The number of anilines is 1. The van der Waals surface area contributed by atoms with Crippen molar-refractivity contribution in [3.63, 3.8) is 0 Å². The van der Waals surface area contributed by atoms with E-state index >= 15 is 0 Å². The third-order valence-electron chi connectivity index (χ3n) is 1.60. The number of benzene rings is 1. The minimum absolute atomic E-state index is 0.333. The van der Waals surface area contributed by atoms with Crippen molar-refractivity contribution in [2.75, 3.05) is 5.32 Å². The van der Waals surface area contributed by atoms with Crippen LogP contribution in [0.25, 0.3) is 0 Å². The van der Waals surface area contributed by atoms with Crippen molar-refractivity contribution in [3.05, 3.63) is 27.1 Å². The van der Waals surface area contributed by atoms with E-state index < -0.39 is 0 Å². The summed E-state index contributed by atoms with van der Waals surface area (Å²) in [5.74, 6) is 0. The van der Waals surface area contributed by atoms with Crippen LogP contribution in [-0.2, 0) is 0 Å². The smallest absolute Gasteiger partial charge is 0.171 e. The van der Waals surface area contributed by atoms with Gasteiger partial charge >= 0.3 is 0 Å². The van der Waals surface area contributed by atoms with Gasteiger partial charge in [-0.2, -0.15) is 0 Å². The summed E-state index contributed by atoms with van der Waals surface area (Å²) in [6, 6.07) is 6.23. The van der Waals surface area contributed by atoms with Crippen molar-refractivity contribution >= 4 is 54.9 Å². The molecule has 2 N–H and O–H groups in total. The van der Waals surface area contributed by atoms with Gasteiger partial charge < -0.3 is 10.6 Å². The first kappa shape index (κ1) is 12.9. The molecule has 0 bridgehead atoms. The van der Waals surface area contributed by atoms with E-state index in [0.29, 0.717) is 11.2 Å². The largest absolute Gasteiger partial charge is 0.360 e. The van der Waals surface area contributed by atoms with Gasteiger partial charge in [-0.1, -0.05) is 15.9 Å². The molecule has 0 amide bonds. The van der Waals surface area contributed by atoms with Crippen LogP contribution >= 0.6 is 44.1 Å². The van der Waals surface area contributed by atoms with Gasteiger partial charge in [-0.3, -0.25) is 0 Å². The Morgan fingerprint density at radius 1 is 1.33 bits per heavy atom. The quantitative estimate of drug-likeness (QED) is 0.790. The van der Waals surface area contributed by atoms with Crippen molar-refractivity contribution in [3.8, 4) is 0 Å². The molecule has 0 aliphatic rings. The second-order valence-electron chi connectivity index (χ2n) is 3.38. The number of hydrogen-bond acceptors (Lipinski definition) is 1. The van der Waals surface area contributed by atoms with Crippen LogP contribution in [0.1, 0.15) is 13.8 Å². The van der Waals surface area contributed by atoms with E-state index in [1.165, 1.54) is 0 Å². The fourth-order valence-electron chi connectivity index (χ4n) is 1.01. The molecule has 2 nitrogen and oxygen atoms in total. The van der Waals surface area contributed by atoms with E-state index in [1.54, 1.807) is 0 Å². The number of rotatable bonds is 2. The Morgan fingerprint density at radius 2 is 2.00 bits per heavy atom. The summed E-state index contributed by atoms with van der Waals surface area (Å²) >= 11 is 12.0. The number of nitrogens with one attached hydrogen (secondary N) is 2. The second-order valence-corrected chi connectivity index (χ2v) is 5.56. The van der Waals surface area contributed by atoms with Crippen molar-refractivity contribution in [2.24, 2.45) is 0 Å². The van der Waals surface area contributed by atoms with Crippen molar-refractivity contribution in [1.82, 2.24) is 5.32 Å². The van der Waals surface area contributed by atoms with Gasteiger partial charge in [0.2, 0.25) is 0 Å². The lowest BCUT2D eigenvalue weighted by Gasteiger charge is -2.14. The lowest BCUT2D eigenvalue weighted by Crippen LogP contribution is -2.33. The first-order valence-electron chi connectivity index (χ1n) is 4.51. The molecule has 82 valence electrons. The van der Waals surface area contributed by atoms with Crippen molar-refractivity contribution in [2.45, 2.75) is 19.9 Å². The maximum absolute atomic E-state index is 5.15. The van der Waals surface area contributed by atoms with Crippen LogP contribution in [-0.4, -0.2) is 11.2 Å². The highest BCUT2D eigenvalue weighted by Gasteiger charge is 2.03. The van der Waals surface area contributed by atoms with Gasteiger partial charge in [-0.15, -0.1) is 0 Å². The summed E-state index contributed by atoms with van der Waals surface area (Å²) < 4.78 is 2.01. The Kier molecular flexibility index (Phi) is 5.02. The second kappa shape index (κ2) is 5.82. The molecule has 0 radical (unpaired) electrons. The Hall–Kier alpha value is -0.130. The van der Waals surface area contributed by atoms with E-state index in [1.807, 2.05) is 32.0 Å².